The first kappa shape index (κ1) is 64.6. The summed E-state index contributed by atoms with van der Waals surface area (Å²) >= 11 is 0. The van der Waals surface area contributed by atoms with Crippen LogP contribution >= 0.6 is 15.8 Å². The zero-order chi connectivity index (χ0) is 62.6. The second-order valence-corrected chi connectivity index (χ2v) is 35.8. The Morgan fingerprint density at radius 3 is 0.845 bits per heavy atom. The van der Waals surface area contributed by atoms with Crippen molar-refractivity contribution in [1.82, 2.24) is 0 Å². The Labute approximate surface area is 508 Å². The van der Waals surface area contributed by atoms with Gasteiger partial charge in [0.05, 0.1) is 28.4 Å². The number of hydrogen-bond donors (Lipinski definition) is 0. The lowest BCUT2D eigenvalue weighted by Gasteiger charge is -2.34. The molecule has 10 heteroatoms. The largest absolute Gasteiger partial charge is 0.496 e. The zero-order valence-electron chi connectivity index (χ0n) is 56.5. The van der Waals surface area contributed by atoms with Gasteiger partial charge >= 0.3 is 0 Å². The van der Waals surface area contributed by atoms with E-state index >= 15 is 0 Å². The van der Waals surface area contributed by atoms with Crippen molar-refractivity contribution in [3.63, 3.8) is 0 Å². The first-order valence-electron chi connectivity index (χ1n) is 29.9. The van der Waals surface area contributed by atoms with Gasteiger partial charge in [-0.05, 0) is 164 Å². The fraction of sp³-hybridized carbons (Fsp3) is 0.514. The standard InChI is InChI=1S/C74H100O8P2/c1-67(2,3)49-32-44(33-50(62(49)75-25)68(4,5)6)83(45-34-51(69(7,8)9)63(76-26)52(35-45)70(10,11)12)43-31-48(61-58(40-43)80-42-81-61)60-59(30-29-57-66(60)82-41-79-57)84(46-36-53(71(13,14)15)64(77-27)54(37-46)72(16,17)18)47-38-55(73(19,20)21)65(78-28)56(39-47)74(22,23)24/h29-40H,41-42H2,1-28H3. The second kappa shape index (κ2) is 22.4. The molecule has 0 aliphatic carbocycles. The van der Waals surface area contributed by atoms with Crippen LogP contribution in [0.3, 0.4) is 0 Å². The number of rotatable bonds is 11. The van der Waals surface area contributed by atoms with E-state index in [9.17, 15) is 0 Å². The molecule has 0 fully saturated rings. The maximum Gasteiger partial charge on any atom is 0.231 e. The van der Waals surface area contributed by atoms with Gasteiger partial charge < -0.3 is 37.9 Å². The topological polar surface area (TPSA) is 73.8 Å². The Morgan fingerprint density at radius 1 is 0.298 bits per heavy atom. The maximum atomic E-state index is 6.85. The zero-order valence-corrected chi connectivity index (χ0v) is 58.3. The predicted octanol–water partition coefficient (Wildman–Crippen LogP) is 16.7. The third-order valence-corrected chi connectivity index (χ3v) is 21.1. The molecular weight excluding hydrogens is 1080 g/mol. The molecule has 2 aliphatic rings. The molecule has 0 saturated carbocycles. The highest BCUT2D eigenvalue weighted by atomic mass is 31.1. The van der Waals surface area contributed by atoms with Gasteiger partial charge in [-0.1, -0.05) is 166 Å². The molecule has 454 valence electrons. The Kier molecular flexibility index (Phi) is 17.2. The molecule has 0 bridgehead atoms. The highest BCUT2D eigenvalue weighted by Crippen LogP contribution is 2.55. The molecule has 8 nitrogen and oxygen atoms in total. The van der Waals surface area contributed by atoms with Crippen molar-refractivity contribution in [2.75, 3.05) is 42.0 Å². The van der Waals surface area contributed by atoms with Gasteiger partial charge in [0.1, 0.15) is 23.0 Å². The van der Waals surface area contributed by atoms with Crippen LogP contribution in [0.15, 0.2) is 72.8 Å². The smallest absolute Gasteiger partial charge is 0.231 e. The molecule has 0 saturated heterocycles. The van der Waals surface area contributed by atoms with Crippen LogP contribution in [-0.4, -0.2) is 42.0 Å². The molecule has 0 aromatic heterocycles. The molecule has 2 aliphatic heterocycles. The van der Waals surface area contributed by atoms with Crippen molar-refractivity contribution in [2.45, 2.75) is 209 Å². The number of fused-ring (bicyclic) bond motifs is 2. The van der Waals surface area contributed by atoms with Crippen LogP contribution in [0, 0.1) is 0 Å². The molecule has 8 rings (SSSR count). The average molecular weight is 1180 g/mol. The first-order chi connectivity index (χ1) is 38.6. The molecule has 0 amide bonds. The molecule has 84 heavy (non-hydrogen) atoms. The summed E-state index contributed by atoms with van der Waals surface area (Å²) in [5.74, 6) is 6.45. The van der Waals surface area contributed by atoms with E-state index in [1.807, 2.05) is 28.4 Å². The van der Waals surface area contributed by atoms with Gasteiger partial charge in [-0.3, -0.25) is 0 Å². The Hall–Kier alpha value is -5.42. The summed E-state index contributed by atoms with van der Waals surface area (Å²) in [6.07, 6.45) is 0. The van der Waals surface area contributed by atoms with E-state index in [2.05, 4.69) is 239 Å². The molecule has 0 unspecified atom stereocenters. The van der Waals surface area contributed by atoms with Crippen molar-refractivity contribution in [3.05, 3.63) is 117 Å². The van der Waals surface area contributed by atoms with E-state index in [0.717, 1.165) is 89.2 Å². The van der Waals surface area contributed by atoms with Crippen molar-refractivity contribution in [1.29, 1.82) is 0 Å². The van der Waals surface area contributed by atoms with Crippen LogP contribution < -0.4 is 69.7 Å². The average Bonchev–Trinajstić information content (AvgIpc) is 1.20. The van der Waals surface area contributed by atoms with Gasteiger partial charge in [0, 0.05) is 55.6 Å². The fourth-order valence-corrected chi connectivity index (χ4v) is 16.9. The van der Waals surface area contributed by atoms with Gasteiger partial charge in [-0.15, -0.1) is 0 Å². The lowest BCUT2D eigenvalue weighted by molar-refractivity contribution is 0.173. The minimum atomic E-state index is -1.45. The van der Waals surface area contributed by atoms with Gasteiger partial charge in [0.2, 0.25) is 13.6 Å². The summed E-state index contributed by atoms with van der Waals surface area (Å²) in [4.78, 5) is 0. The van der Waals surface area contributed by atoms with Crippen LogP contribution in [-0.2, 0) is 43.3 Å². The van der Waals surface area contributed by atoms with Gasteiger partial charge in [-0.25, -0.2) is 0 Å². The highest BCUT2D eigenvalue weighted by molar-refractivity contribution is 7.80. The number of ether oxygens (including phenoxy) is 8. The third-order valence-electron chi connectivity index (χ3n) is 16.4. The third kappa shape index (κ3) is 12.4. The Balaban J connectivity index is 1.61. The number of hydrogen-bond acceptors (Lipinski definition) is 8. The molecular formula is C74H100O8P2. The van der Waals surface area contributed by atoms with E-state index < -0.39 is 15.8 Å². The molecule has 0 radical (unpaired) electrons. The summed E-state index contributed by atoms with van der Waals surface area (Å²) in [6.45, 7) is 55.1. The Morgan fingerprint density at radius 2 is 0.560 bits per heavy atom. The SMILES string of the molecule is COc1c(C(C)(C)C)cc(P(c2cc3c(c(-c4c(P(c5cc(C(C)(C)C)c(OC)c(C(C)(C)C)c5)c5cc(C(C)(C)C)c(OC)c(C(C)(C)C)c5)ccc5c4OCO5)c2)OCO3)c2cc(C(C)(C)C)c(OC)c(C(C)(C)C)c2)cc1C(C)(C)C. The predicted molar refractivity (Wildman–Crippen MR) is 357 cm³/mol. The van der Waals surface area contributed by atoms with Crippen LogP contribution in [0.5, 0.6) is 46.0 Å². The molecule has 6 aromatic carbocycles. The van der Waals surface area contributed by atoms with Crippen molar-refractivity contribution in [2.24, 2.45) is 0 Å². The van der Waals surface area contributed by atoms with Crippen LogP contribution in [0.25, 0.3) is 11.1 Å². The lowest BCUT2D eigenvalue weighted by atomic mass is 9.79. The molecule has 0 atom stereocenters. The normalized spacial score (nSPS) is 14.2. The number of methoxy groups -OCH3 is 4. The minimum Gasteiger partial charge on any atom is -0.496 e. The summed E-state index contributed by atoms with van der Waals surface area (Å²) in [7, 11) is 4.43. The Bertz CT molecular complexity index is 3170. The van der Waals surface area contributed by atoms with Crippen LogP contribution in [0.4, 0.5) is 0 Å². The fourth-order valence-electron chi connectivity index (χ4n) is 11.9. The summed E-state index contributed by atoms with van der Waals surface area (Å²) < 4.78 is 52.7. The van der Waals surface area contributed by atoms with E-state index in [1.54, 1.807) is 0 Å². The maximum absolute atomic E-state index is 6.85. The summed E-state index contributed by atoms with van der Waals surface area (Å²) in [5.41, 5.74) is 8.95. The van der Waals surface area contributed by atoms with Crippen molar-refractivity contribution >= 4 is 47.7 Å². The monoisotopic (exact) mass is 1180 g/mol. The molecule has 0 N–H and O–H groups in total. The minimum absolute atomic E-state index is 0.0701. The van der Waals surface area contributed by atoms with E-state index in [-0.39, 0.29) is 56.9 Å². The summed E-state index contributed by atoms with van der Waals surface area (Å²) in [5, 5.41) is 7.02. The van der Waals surface area contributed by atoms with Gasteiger partial charge in [0.25, 0.3) is 0 Å². The summed E-state index contributed by atoms with van der Waals surface area (Å²) in [6, 6.07) is 28.5. The van der Waals surface area contributed by atoms with E-state index in [4.69, 9.17) is 37.9 Å². The van der Waals surface area contributed by atoms with E-state index in [1.165, 1.54) is 21.2 Å². The van der Waals surface area contributed by atoms with Crippen LogP contribution in [0.1, 0.15) is 211 Å². The van der Waals surface area contributed by atoms with Crippen molar-refractivity contribution < 1.29 is 37.9 Å². The first-order valence-corrected chi connectivity index (χ1v) is 32.6. The highest BCUT2D eigenvalue weighted by Gasteiger charge is 2.40. The second-order valence-electron chi connectivity index (χ2n) is 31.4. The molecule has 0 spiro atoms. The van der Waals surface area contributed by atoms with Gasteiger partial charge in [0.15, 0.2) is 23.0 Å². The van der Waals surface area contributed by atoms with Crippen molar-refractivity contribution in [3.8, 4) is 57.1 Å². The lowest BCUT2D eigenvalue weighted by Crippen LogP contribution is -2.30. The van der Waals surface area contributed by atoms with E-state index in [0.29, 0.717) is 23.0 Å². The quantitative estimate of drug-likeness (QED) is 0.119. The molecule has 2 heterocycles. The number of benzene rings is 6. The molecule has 6 aromatic rings. The van der Waals surface area contributed by atoms with Crippen LogP contribution in [0.2, 0.25) is 0 Å². The van der Waals surface area contributed by atoms with Gasteiger partial charge in [-0.2, -0.15) is 0 Å².